The maximum atomic E-state index is 11.9. The highest BCUT2D eigenvalue weighted by Gasteiger charge is 2.11. The number of nitrogens with one attached hydrogen (secondary N) is 1. The number of hydrogen-bond donors (Lipinski definition) is 1. The van der Waals surface area contributed by atoms with Crippen molar-refractivity contribution in [2.75, 3.05) is 12.4 Å². The van der Waals surface area contributed by atoms with Crippen LogP contribution in [0.2, 0.25) is 0 Å². The van der Waals surface area contributed by atoms with E-state index in [1.807, 2.05) is 25.1 Å². The molecule has 1 aromatic heterocycles. The molecule has 0 saturated carbocycles. The Hall–Kier alpha value is -2.30. The van der Waals surface area contributed by atoms with Crippen LogP contribution in [0.3, 0.4) is 0 Å². The molecule has 100 valence electrons. The third-order valence-corrected chi connectivity index (χ3v) is 2.68. The summed E-state index contributed by atoms with van der Waals surface area (Å²) in [5, 5.41) is 6.40. The normalized spacial score (nSPS) is 10.3. The van der Waals surface area contributed by atoms with E-state index in [4.69, 9.17) is 9.26 Å². The van der Waals surface area contributed by atoms with E-state index in [1.54, 1.807) is 20.1 Å². The Kier molecular flexibility index (Phi) is 3.85. The molecule has 0 atom stereocenters. The van der Waals surface area contributed by atoms with Crippen LogP contribution < -0.4 is 10.1 Å². The van der Waals surface area contributed by atoms with Gasteiger partial charge in [-0.05, 0) is 19.9 Å². The first-order valence-electron chi connectivity index (χ1n) is 5.95. The average molecular weight is 260 g/mol. The first-order chi connectivity index (χ1) is 9.08. The molecule has 2 aromatic rings. The Morgan fingerprint density at radius 2 is 2.16 bits per heavy atom. The number of aryl methyl sites for hydroxylation is 2. The highest BCUT2D eigenvalue weighted by Crippen LogP contribution is 2.20. The van der Waals surface area contributed by atoms with Gasteiger partial charge < -0.3 is 14.6 Å². The number of ether oxygens (including phenoxy) is 1. The first-order valence-corrected chi connectivity index (χ1v) is 5.95. The second-order valence-corrected chi connectivity index (χ2v) is 4.36. The third-order valence-electron chi connectivity index (χ3n) is 2.68. The molecular formula is C14H16N2O3. The van der Waals surface area contributed by atoms with E-state index in [2.05, 4.69) is 10.5 Å². The largest absolute Gasteiger partial charge is 0.496 e. The van der Waals surface area contributed by atoms with Crippen molar-refractivity contribution in [3.05, 3.63) is 41.2 Å². The number of benzene rings is 1. The van der Waals surface area contributed by atoms with Crippen LogP contribution in [0.5, 0.6) is 5.75 Å². The van der Waals surface area contributed by atoms with Gasteiger partial charge in [-0.15, -0.1) is 0 Å². The molecule has 0 unspecified atom stereocenters. The van der Waals surface area contributed by atoms with Crippen LogP contribution in [0, 0.1) is 13.8 Å². The van der Waals surface area contributed by atoms with E-state index in [0.29, 0.717) is 17.3 Å². The zero-order valence-corrected chi connectivity index (χ0v) is 11.2. The predicted octanol–water partition coefficient (Wildman–Crippen LogP) is 2.48. The Bertz CT molecular complexity index is 590. The number of aromatic nitrogens is 1. The molecule has 0 fully saturated rings. The SMILES string of the molecule is COc1ccc(C)cc1CC(=O)Nc1cc(C)on1. The maximum Gasteiger partial charge on any atom is 0.230 e. The molecule has 0 aliphatic carbocycles. The summed E-state index contributed by atoms with van der Waals surface area (Å²) in [7, 11) is 1.59. The van der Waals surface area contributed by atoms with Crippen molar-refractivity contribution in [2.45, 2.75) is 20.3 Å². The van der Waals surface area contributed by atoms with E-state index >= 15 is 0 Å². The monoisotopic (exact) mass is 260 g/mol. The molecule has 0 saturated heterocycles. The van der Waals surface area contributed by atoms with Gasteiger partial charge in [0.2, 0.25) is 5.91 Å². The van der Waals surface area contributed by atoms with Crippen LogP contribution >= 0.6 is 0 Å². The van der Waals surface area contributed by atoms with Crippen molar-refractivity contribution in [3.63, 3.8) is 0 Å². The molecule has 0 bridgehead atoms. The molecule has 2 rings (SSSR count). The number of methoxy groups -OCH3 is 1. The number of anilines is 1. The molecule has 0 spiro atoms. The number of carbonyl (C=O) groups is 1. The van der Waals surface area contributed by atoms with Crippen LogP contribution in [0.15, 0.2) is 28.8 Å². The molecule has 1 heterocycles. The average Bonchev–Trinajstić information content (AvgIpc) is 2.75. The summed E-state index contributed by atoms with van der Waals surface area (Å²) in [6, 6.07) is 7.41. The quantitative estimate of drug-likeness (QED) is 0.917. The molecule has 0 aliphatic rings. The molecule has 0 aliphatic heterocycles. The Labute approximate surface area is 111 Å². The summed E-state index contributed by atoms with van der Waals surface area (Å²) in [5.41, 5.74) is 1.93. The standard InChI is InChI=1S/C14H16N2O3/c1-9-4-5-12(18-3)11(6-9)8-14(17)15-13-7-10(2)19-16-13/h4-7H,8H2,1-3H3,(H,15,16,17). The summed E-state index contributed by atoms with van der Waals surface area (Å²) in [5.74, 6) is 1.63. The van der Waals surface area contributed by atoms with Gasteiger partial charge in [0.1, 0.15) is 11.5 Å². The van der Waals surface area contributed by atoms with Crippen molar-refractivity contribution in [1.82, 2.24) is 5.16 Å². The molecule has 0 radical (unpaired) electrons. The van der Waals surface area contributed by atoms with Gasteiger partial charge in [0.05, 0.1) is 13.5 Å². The van der Waals surface area contributed by atoms with Gasteiger partial charge in [0.15, 0.2) is 5.82 Å². The smallest absolute Gasteiger partial charge is 0.230 e. The topological polar surface area (TPSA) is 64.4 Å². The number of nitrogens with zero attached hydrogens (tertiary/aromatic N) is 1. The molecule has 19 heavy (non-hydrogen) atoms. The first kappa shape index (κ1) is 13.1. The fourth-order valence-electron chi connectivity index (χ4n) is 1.83. The molecule has 1 aromatic carbocycles. The second-order valence-electron chi connectivity index (χ2n) is 4.36. The molecule has 5 nitrogen and oxygen atoms in total. The van der Waals surface area contributed by atoms with Crippen molar-refractivity contribution in [3.8, 4) is 5.75 Å². The summed E-state index contributed by atoms with van der Waals surface area (Å²) < 4.78 is 10.1. The van der Waals surface area contributed by atoms with Crippen LogP contribution in [-0.2, 0) is 11.2 Å². The minimum atomic E-state index is -0.155. The van der Waals surface area contributed by atoms with Crippen LogP contribution in [-0.4, -0.2) is 18.2 Å². The van der Waals surface area contributed by atoms with Gasteiger partial charge in [-0.3, -0.25) is 4.79 Å². The molecule has 1 amide bonds. The Balaban J connectivity index is 2.08. The van der Waals surface area contributed by atoms with Gasteiger partial charge in [-0.25, -0.2) is 0 Å². The molecule has 5 heteroatoms. The van der Waals surface area contributed by atoms with E-state index in [1.165, 1.54) is 0 Å². The van der Waals surface area contributed by atoms with Gasteiger partial charge in [0, 0.05) is 11.6 Å². The van der Waals surface area contributed by atoms with E-state index in [9.17, 15) is 4.79 Å². The summed E-state index contributed by atoms with van der Waals surface area (Å²) >= 11 is 0. The highest BCUT2D eigenvalue weighted by molar-refractivity contribution is 5.91. The van der Waals surface area contributed by atoms with Gasteiger partial charge in [-0.1, -0.05) is 22.9 Å². The minimum absolute atomic E-state index is 0.155. The van der Waals surface area contributed by atoms with E-state index < -0.39 is 0 Å². The summed E-state index contributed by atoms with van der Waals surface area (Å²) in [6.07, 6.45) is 0.233. The number of hydrogen-bond acceptors (Lipinski definition) is 4. The van der Waals surface area contributed by atoms with Crippen LogP contribution in [0.25, 0.3) is 0 Å². The lowest BCUT2D eigenvalue weighted by atomic mass is 10.1. The summed E-state index contributed by atoms with van der Waals surface area (Å²) in [4.78, 5) is 11.9. The third kappa shape index (κ3) is 3.34. The lowest BCUT2D eigenvalue weighted by molar-refractivity contribution is -0.115. The Morgan fingerprint density at radius 3 is 2.79 bits per heavy atom. The van der Waals surface area contributed by atoms with Gasteiger partial charge >= 0.3 is 0 Å². The number of amides is 1. The lowest BCUT2D eigenvalue weighted by Gasteiger charge is -2.08. The van der Waals surface area contributed by atoms with Crippen molar-refractivity contribution >= 4 is 11.7 Å². The number of rotatable bonds is 4. The van der Waals surface area contributed by atoms with E-state index in [0.717, 1.165) is 11.1 Å². The maximum absolute atomic E-state index is 11.9. The highest BCUT2D eigenvalue weighted by atomic mass is 16.5. The molecular weight excluding hydrogens is 244 g/mol. The van der Waals surface area contributed by atoms with E-state index in [-0.39, 0.29) is 12.3 Å². The summed E-state index contributed by atoms with van der Waals surface area (Å²) in [6.45, 7) is 3.74. The Morgan fingerprint density at radius 1 is 1.37 bits per heavy atom. The minimum Gasteiger partial charge on any atom is -0.496 e. The molecule has 1 N–H and O–H groups in total. The van der Waals surface area contributed by atoms with Gasteiger partial charge in [0.25, 0.3) is 0 Å². The predicted molar refractivity (Wildman–Crippen MR) is 71.3 cm³/mol. The fourth-order valence-corrected chi connectivity index (χ4v) is 1.83. The fraction of sp³-hybridized carbons (Fsp3) is 0.286. The van der Waals surface area contributed by atoms with Crippen LogP contribution in [0.1, 0.15) is 16.9 Å². The van der Waals surface area contributed by atoms with Crippen molar-refractivity contribution < 1.29 is 14.1 Å². The van der Waals surface area contributed by atoms with Crippen LogP contribution in [0.4, 0.5) is 5.82 Å². The van der Waals surface area contributed by atoms with Crippen molar-refractivity contribution in [2.24, 2.45) is 0 Å². The zero-order valence-electron chi connectivity index (χ0n) is 11.2. The lowest BCUT2D eigenvalue weighted by Crippen LogP contribution is -2.15. The van der Waals surface area contributed by atoms with Gasteiger partial charge in [-0.2, -0.15) is 0 Å². The number of carbonyl (C=O) groups excluding carboxylic acids is 1. The second kappa shape index (κ2) is 5.56. The zero-order chi connectivity index (χ0) is 13.8. The van der Waals surface area contributed by atoms with Crippen molar-refractivity contribution in [1.29, 1.82) is 0 Å².